The van der Waals surface area contributed by atoms with E-state index in [4.69, 9.17) is 10.3 Å². The molecule has 1 atom stereocenters. The Bertz CT molecular complexity index is 580. The van der Waals surface area contributed by atoms with Crippen molar-refractivity contribution in [1.82, 2.24) is 15.5 Å². The summed E-state index contributed by atoms with van der Waals surface area (Å²) in [5, 5.41) is 6.48. The van der Waals surface area contributed by atoms with E-state index in [-0.39, 0.29) is 18.4 Å². The molecule has 6 heteroatoms. The van der Waals surface area contributed by atoms with Crippen LogP contribution in [0.1, 0.15) is 30.1 Å². The molecule has 0 aliphatic heterocycles. The number of rotatable bonds is 4. The van der Waals surface area contributed by atoms with Gasteiger partial charge in [0.2, 0.25) is 11.8 Å². The standard InChI is InChI=1S/C13H16N4O2/c1-8(10-4-3-5-11(14)6-10)13(18)15-7-12-16-9(2)19-17-12/h3-6,8H,7,14H2,1-2H3,(H,15,18). The van der Waals surface area contributed by atoms with Gasteiger partial charge in [-0.05, 0) is 24.6 Å². The maximum absolute atomic E-state index is 12.0. The number of hydrogen-bond acceptors (Lipinski definition) is 5. The van der Waals surface area contributed by atoms with Gasteiger partial charge in [-0.25, -0.2) is 0 Å². The number of carbonyl (C=O) groups excluding carboxylic acids is 1. The second-order valence-corrected chi connectivity index (χ2v) is 4.34. The van der Waals surface area contributed by atoms with Crippen molar-refractivity contribution >= 4 is 11.6 Å². The van der Waals surface area contributed by atoms with E-state index in [1.165, 1.54) is 0 Å². The molecule has 2 rings (SSSR count). The van der Waals surface area contributed by atoms with Gasteiger partial charge < -0.3 is 15.6 Å². The van der Waals surface area contributed by atoms with Crippen LogP contribution >= 0.6 is 0 Å². The molecule has 0 spiro atoms. The second-order valence-electron chi connectivity index (χ2n) is 4.34. The third-order valence-electron chi connectivity index (χ3n) is 2.79. The number of benzene rings is 1. The van der Waals surface area contributed by atoms with Crippen LogP contribution in [0.2, 0.25) is 0 Å². The summed E-state index contributed by atoms with van der Waals surface area (Å²) in [5.41, 5.74) is 7.22. The van der Waals surface area contributed by atoms with Crippen LogP contribution < -0.4 is 11.1 Å². The molecule has 1 unspecified atom stereocenters. The van der Waals surface area contributed by atoms with Gasteiger partial charge in [0, 0.05) is 12.6 Å². The maximum Gasteiger partial charge on any atom is 0.227 e. The molecule has 0 saturated carbocycles. The van der Waals surface area contributed by atoms with E-state index in [1.54, 1.807) is 19.1 Å². The molecule has 1 heterocycles. The predicted molar refractivity (Wildman–Crippen MR) is 70.2 cm³/mol. The zero-order valence-corrected chi connectivity index (χ0v) is 10.9. The fourth-order valence-electron chi connectivity index (χ4n) is 1.71. The summed E-state index contributed by atoms with van der Waals surface area (Å²) in [6.07, 6.45) is 0. The Morgan fingerprint density at radius 1 is 1.53 bits per heavy atom. The molecule has 0 saturated heterocycles. The Kier molecular flexibility index (Phi) is 3.79. The highest BCUT2D eigenvalue weighted by Crippen LogP contribution is 2.17. The molecule has 0 bridgehead atoms. The molecule has 0 aliphatic rings. The lowest BCUT2D eigenvalue weighted by Crippen LogP contribution is -2.28. The number of aryl methyl sites for hydroxylation is 1. The monoisotopic (exact) mass is 260 g/mol. The van der Waals surface area contributed by atoms with E-state index in [1.807, 2.05) is 19.1 Å². The number of nitrogen functional groups attached to an aromatic ring is 1. The van der Waals surface area contributed by atoms with Crippen LogP contribution in [-0.4, -0.2) is 16.0 Å². The fourth-order valence-corrected chi connectivity index (χ4v) is 1.71. The number of amides is 1. The van der Waals surface area contributed by atoms with E-state index < -0.39 is 0 Å². The molecule has 3 N–H and O–H groups in total. The fraction of sp³-hybridized carbons (Fsp3) is 0.308. The highest BCUT2D eigenvalue weighted by molar-refractivity contribution is 5.83. The van der Waals surface area contributed by atoms with Gasteiger partial charge in [-0.2, -0.15) is 4.98 Å². The van der Waals surface area contributed by atoms with Gasteiger partial charge in [0.05, 0.1) is 12.5 Å². The molecule has 1 aromatic heterocycles. The molecular weight excluding hydrogens is 244 g/mol. The Morgan fingerprint density at radius 2 is 2.32 bits per heavy atom. The highest BCUT2D eigenvalue weighted by atomic mass is 16.5. The summed E-state index contributed by atoms with van der Waals surface area (Å²) in [4.78, 5) is 16.0. The van der Waals surface area contributed by atoms with Crippen LogP contribution in [0, 0.1) is 6.92 Å². The lowest BCUT2D eigenvalue weighted by molar-refractivity contribution is -0.122. The van der Waals surface area contributed by atoms with Gasteiger partial charge in [-0.1, -0.05) is 17.3 Å². The van der Waals surface area contributed by atoms with Crippen molar-refractivity contribution in [2.24, 2.45) is 0 Å². The number of aromatic nitrogens is 2. The Hall–Kier alpha value is -2.37. The third-order valence-corrected chi connectivity index (χ3v) is 2.79. The number of nitrogens with two attached hydrogens (primary N) is 1. The minimum atomic E-state index is -0.281. The summed E-state index contributed by atoms with van der Waals surface area (Å²) in [6.45, 7) is 3.78. The third kappa shape index (κ3) is 3.31. The van der Waals surface area contributed by atoms with Crippen LogP contribution in [0.4, 0.5) is 5.69 Å². The average Bonchev–Trinajstić information content (AvgIpc) is 2.81. The van der Waals surface area contributed by atoms with Crippen molar-refractivity contribution in [3.8, 4) is 0 Å². The van der Waals surface area contributed by atoms with Crippen molar-refractivity contribution in [1.29, 1.82) is 0 Å². The Morgan fingerprint density at radius 3 is 2.95 bits per heavy atom. The normalized spacial score (nSPS) is 12.1. The van der Waals surface area contributed by atoms with Gasteiger partial charge in [-0.3, -0.25) is 4.79 Å². The summed E-state index contributed by atoms with van der Waals surface area (Å²) in [5.74, 6) is 0.559. The topological polar surface area (TPSA) is 94.0 Å². The van der Waals surface area contributed by atoms with Crippen LogP contribution in [0.15, 0.2) is 28.8 Å². The van der Waals surface area contributed by atoms with Gasteiger partial charge >= 0.3 is 0 Å². The average molecular weight is 260 g/mol. The van der Waals surface area contributed by atoms with Crippen LogP contribution in [0.5, 0.6) is 0 Å². The maximum atomic E-state index is 12.0. The van der Waals surface area contributed by atoms with E-state index in [9.17, 15) is 4.79 Å². The van der Waals surface area contributed by atoms with Gasteiger partial charge in [0.25, 0.3) is 0 Å². The quantitative estimate of drug-likeness (QED) is 0.810. The summed E-state index contributed by atoms with van der Waals surface area (Å²) >= 11 is 0. The van der Waals surface area contributed by atoms with Crippen molar-refractivity contribution in [3.05, 3.63) is 41.5 Å². The summed E-state index contributed by atoms with van der Waals surface area (Å²) < 4.78 is 4.83. The first-order chi connectivity index (χ1) is 9.06. The molecule has 100 valence electrons. The van der Waals surface area contributed by atoms with Crippen LogP contribution in [-0.2, 0) is 11.3 Å². The number of nitrogens with one attached hydrogen (secondary N) is 1. The van der Waals surface area contributed by atoms with E-state index in [2.05, 4.69) is 15.5 Å². The minimum Gasteiger partial charge on any atom is -0.399 e. The SMILES string of the molecule is Cc1nc(CNC(=O)C(C)c2cccc(N)c2)no1. The van der Waals surface area contributed by atoms with Crippen molar-refractivity contribution in [2.75, 3.05) is 5.73 Å². The number of anilines is 1. The van der Waals surface area contributed by atoms with Gasteiger partial charge in [0.1, 0.15) is 0 Å². The molecule has 0 fully saturated rings. The molecule has 0 aliphatic carbocycles. The van der Waals surface area contributed by atoms with Gasteiger partial charge in [-0.15, -0.1) is 0 Å². The zero-order valence-electron chi connectivity index (χ0n) is 10.9. The molecule has 1 amide bonds. The molecule has 0 radical (unpaired) electrons. The van der Waals surface area contributed by atoms with Crippen molar-refractivity contribution in [3.63, 3.8) is 0 Å². The highest BCUT2D eigenvalue weighted by Gasteiger charge is 2.15. The van der Waals surface area contributed by atoms with E-state index in [0.29, 0.717) is 17.4 Å². The van der Waals surface area contributed by atoms with Crippen LogP contribution in [0.3, 0.4) is 0 Å². The van der Waals surface area contributed by atoms with Crippen LogP contribution in [0.25, 0.3) is 0 Å². The molecular formula is C13H16N4O2. The first-order valence-corrected chi connectivity index (χ1v) is 5.98. The summed E-state index contributed by atoms with van der Waals surface area (Å²) in [6, 6.07) is 7.29. The van der Waals surface area contributed by atoms with E-state index in [0.717, 1.165) is 5.56 Å². The smallest absolute Gasteiger partial charge is 0.227 e. The predicted octanol–water partition coefficient (Wildman–Crippen LogP) is 1.38. The van der Waals surface area contributed by atoms with E-state index >= 15 is 0 Å². The molecule has 2 aromatic rings. The molecule has 6 nitrogen and oxygen atoms in total. The second kappa shape index (κ2) is 5.51. The number of hydrogen-bond donors (Lipinski definition) is 2. The van der Waals surface area contributed by atoms with Crippen molar-refractivity contribution < 1.29 is 9.32 Å². The largest absolute Gasteiger partial charge is 0.399 e. The number of carbonyl (C=O) groups is 1. The Labute approximate surface area is 111 Å². The molecule has 1 aromatic carbocycles. The number of nitrogens with zero attached hydrogens (tertiary/aromatic N) is 2. The first-order valence-electron chi connectivity index (χ1n) is 5.98. The minimum absolute atomic E-state index is 0.104. The lowest BCUT2D eigenvalue weighted by atomic mass is 10.00. The van der Waals surface area contributed by atoms with Crippen molar-refractivity contribution in [2.45, 2.75) is 26.3 Å². The van der Waals surface area contributed by atoms with Gasteiger partial charge in [0.15, 0.2) is 5.82 Å². The Balaban J connectivity index is 1.96. The lowest BCUT2D eigenvalue weighted by Gasteiger charge is -2.12. The molecule has 19 heavy (non-hydrogen) atoms. The zero-order chi connectivity index (χ0) is 13.8. The first kappa shape index (κ1) is 13.1. The summed E-state index contributed by atoms with van der Waals surface area (Å²) in [7, 11) is 0.